The van der Waals surface area contributed by atoms with Crippen molar-refractivity contribution < 1.29 is 14.3 Å². The minimum absolute atomic E-state index is 0.199. The topological polar surface area (TPSA) is 42.0 Å². The minimum atomic E-state index is -0.199. The molecular weight excluding hydrogens is 280 g/mol. The van der Waals surface area contributed by atoms with Gasteiger partial charge in [0.2, 0.25) is 5.91 Å². The third-order valence-electron chi connectivity index (χ3n) is 4.13. The number of methoxy groups -OCH3 is 2. The number of ether oxygens (including phenoxy) is 2. The number of hydrogen-bond acceptors (Lipinski definition) is 4. The molecule has 5 heteroatoms. The molecule has 5 nitrogen and oxygen atoms in total. The molecule has 0 atom stereocenters. The number of rotatable bonds is 6. The first-order valence-corrected chi connectivity index (χ1v) is 7.73. The van der Waals surface area contributed by atoms with Crippen molar-refractivity contribution in [2.75, 3.05) is 46.9 Å². The quantitative estimate of drug-likeness (QED) is 0.743. The molecule has 0 aliphatic carbocycles. The van der Waals surface area contributed by atoms with Gasteiger partial charge in [-0.2, -0.15) is 0 Å². The fourth-order valence-electron chi connectivity index (χ4n) is 2.63. The molecule has 1 aliphatic heterocycles. The molecule has 1 saturated heterocycles. The highest BCUT2D eigenvalue weighted by Gasteiger charge is 2.22. The fraction of sp³-hybridized carbons (Fsp3) is 0.588. The molecule has 0 bridgehead atoms. The number of benzene rings is 1. The van der Waals surface area contributed by atoms with Crippen LogP contribution in [0.15, 0.2) is 24.3 Å². The maximum atomic E-state index is 12.4. The predicted molar refractivity (Wildman–Crippen MR) is 85.7 cm³/mol. The highest BCUT2D eigenvalue weighted by atomic mass is 16.7. The molecule has 1 aromatic rings. The number of piperazine rings is 1. The Kier molecular flexibility index (Phi) is 6.36. The first kappa shape index (κ1) is 16.9. The van der Waals surface area contributed by atoms with Gasteiger partial charge in [0.25, 0.3) is 0 Å². The van der Waals surface area contributed by atoms with Crippen LogP contribution < -0.4 is 0 Å². The molecule has 1 fully saturated rings. The van der Waals surface area contributed by atoms with Gasteiger partial charge >= 0.3 is 0 Å². The predicted octanol–water partition coefficient (Wildman–Crippen LogP) is 1.30. The number of carbonyl (C=O) groups is 1. The lowest BCUT2D eigenvalue weighted by atomic mass is 10.1. The van der Waals surface area contributed by atoms with Crippen LogP contribution in [-0.4, -0.2) is 68.9 Å². The maximum absolute atomic E-state index is 12.4. The average molecular weight is 306 g/mol. The van der Waals surface area contributed by atoms with Gasteiger partial charge in [0.1, 0.15) is 0 Å². The standard InChI is InChI=1S/C17H26N2O3/c1-14-4-6-15(7-5-14)12-16(20)19-10-8-18(9-11-19)13-17(21-2)22-3/h4-7,17H,8-13H2,1-3H3. The second-order valence-corrected chi connectivity index (χ2v) is 5.74. The lowest BCUT2D eigenvalue weighted by molar-refractivity contribution is -0.135. The van der Waals surface area contributed by atoms with E-state index in [0.29, 0.717) is 6.42 Å². The third-order valence-corrected chi connectivity index (χ3v) is 4.13. The Bertz CT molecular complexity index is 463. The Balaban J connectivity index is 1.78. The second kappa shape index (κ2) is 8.27. The van der Waals surface area contributed by atoms with Crippen molar-refractivity contribution in [2.45, 2.75) is 19.6 Å². The summed E-state index contributed by atoms with van der Waals surface area (Å²) in [6, 6.07) is 8.17. The van der Waals surface area contributed by atoms with Crippen LogP contribution in [0.5, 0.6) is 0 Å². The summed E-state index contributed by atoms with van der Waals surface area (Å²) in [7, 11) is 3.30. The van der Waals surface area contributed by atoms with Crippen LogP contribution in [0.3, 0.4) is 0 Å². The van der Waals surface area contributed by atoms with Crippen LogP contribution in [0.2, 0.25) is 0 Å². The minimum Gasteiger partial charge on any atom is -0.355 e. The van der Waals surface area contributed by atoms with Crippen molar-refractivity contribution >= 4 is 5.91 Å². The molecule has 0 unspecified atom stereocenters. The number of amides is 1. The van der Waals surface area contributed by atoms with E-state index in [1.54, 1.807) is 14.2 Å². The van der Waals surface area contributed by atoms with Crippen molar-refractivity contribution in [1.82, 2.24) is 9.80 Å². The molecule has 22 heavy (non-hydrogen) atoms. The summed E-state index contributed by atoms with van der Waals surface area (Å²) in [5, 5.41) is 0. The summed E-state index contributed by atoms with van der Waals surface area (Å²) in [5.41, 5.74) is 2.30. The Morgan fingerprint density at radius 3 is 2.23 bits per heavy atom. The van der Waals surface area contributed by atoms with Crippen LogP contribution in [-0.2, 0) is 20.7 Å². The summed E-state index contributed by atoms with van der Waals surface area (Å²) in [6.07, 6.45) is 0.286. The van der Waals surface area contributed by atoms with Gasteiger partial charge in [0.05, 0.1) is 6.42 Å². The zero-order chi connectivity index (χ0) is 15.9. The van der Waals surface area contributed by atoms with E-state index < -0.39 is 0 Å². The molecule has 0 spiro atoms. The molecule has 0 saturated carbocycles. The molecule has 0 aromatic heterocycles. The second-order valence-electron chi connectivity index (χ2n) is 5.74. The maximum Gasteiger partial charge on any atom is 0.227 e. The van der Waals surface area contributed by atoms with Gasteiger partial charge in [-0.1, -0.05) is 29.8 Å². The molecule has 0 N–H and O–H groups in total. The van der Waals surface area contributed by atoms with Crippen LogP contribution in [0, 0.1) is 6.92 Å². The smallest absolute Gasteiger partial charge is 0.227 e. The fourth-order valence-corrected chi connectivity index (χ4v) is 2.63. The van der Waals surface area contributed by atoms with Crippen LogP contribution in [0.4, 0.5) is 0 Å². The summed E-state index contributed by atoms with van der Waals surface area (Å²) < 4.78 is 10.4. The van der Waals surface area contributed by atoms with Gasteiger partial charge in [-0.25, -0.2) is 0 Å². The summed E-state index contributed by atoms with van der Waals surface area (Å²) in [6.45, 7) is 6.06. The molecule has 1 aliphatic rings. The first-order chi connectivity index (χ1) is 10.6. The Hall–Kier alpha value is -1.43. The van der Waals surface area contributed by atoms with E-state index in [-0.39, 0.29) is 12.2 Å². The van der Waals surface area contributed by atoms with E-state index in [1.807, 2.05) is 17.0 Å². The summed E-state index contributed by atoms with van der Waals surface area (Å²) >= 11 is 0. The van der Waals surface area contributed by atoms with Crippen molar-refractivity contribution in [3.63, 3.8) is 0 Å². The number of nitrogens with zero attached hydrogens (tertiary/aromatic N) is 2. The number of aryl methyl sites for hydroxylation is 1. The molecule has 1 heterocycles. The van der Waals surface area contributed by atoms with E-state index in [2.05, 4.69) is 24.0 Å². The van der Waals surface area contributed by atoms with E-state index in [1.165, 1.54) is 5.56 Å². The summed E-state index contributed by atoms with van der Waals surface area (Å²) in [5.74, 6) is 0.207. The third kappa shape index (κ3) is 4.80. The van der Waals surface area contributed by atoms with E-state index >= 15 is 0 Å². The van der Waals surface area contributed by atoms with E-state index in [4.69, 9.17) is 9.47 Å². The SMILES string of the molecule is COC(CN1CCN(C(=O)Cc2ccc(C)cc2)CC1)OC. The lowest BCUT2D eigenvalue weighted by Crippen LogP contribution is -2.51. The Labute approximate surface area is 132 Å². The normalized spacial score (nSPS) is 16.3. The lowest BCUT2D eigenvalue weighted by Gasteiger charge is -2.35. The Morgan fingerprint density at radius 2 is 1.68 bits per heavy atom. The molecular formula is C17H26N2O3. The van der Waals surface area contributed by atoms with Crippen LogP contribution >= 0.6 is 0 Å². The first-order valence-electron chi connectivity index (χ1n) is 7.73. The Morgan fingerprint density at radius 1 is 1.09 bits per heavy atom. The summed E-state index contributed by atoms with van der Waals surface area (Å²) in [4.78, 5) is 16.6. The van der Waals surface area contributed by atoms with Gasteiger partial charge in [-0.3, -0.25) is 9.69 Å². The van der Waals surface area contributed by atoms with Gasteiger partial charge < -0.3 is 14.4 Å². The van der Waals surface area contributed by atoms with Crippen molar-refractivity contribution in [2.24, 2.45) is 0 Å². The molecule has 0 radical (unpaired) electrons. The van der Waals surface area contributed by atoms with Gasteiger partial charge in [-0.05, 0) is 12.5 Å². The van der Waals surface area contributed by atoms with E-state index in [0.717, 1.165) is 38.3 Å². The molecule has 2 rings (SSSR count). The molecule has 1 amide bonds. The van der Waals surface area contributed by atoms with Crippen LogP contribution in [0.25, 0.3) is 0 Å². The monoisotopic (exact) mass is 306 g/mol. The molecule has 122 valence electrons. The van der Waals surface area contributed by atoms with Gasteiger partial charge in [-0.15, -0.1) is 0 Å². The van der Waals surface area contributed by atoms with Crippen molar-refractivity contribution in [1.29, 1.82) is 0 Å². The number of carbonyl (C=O) groups excluding carboxylic acids is 1. The number of hydrogen-bond donors (Lipinski definition) is 0. The average Bonchev–Trinajstić information content (AvgIpc) is 2.55. The zero-order valence-corrected chi connectivity index (χ0v) is 13.7. The van der Waals surface area contributed by atoms with Gasteiger partial charge in [0, 0.05) is 46.9 Å². The zero-order valence-electron chi connectivity index (χ0n) is 13.7. The van der Waals surface area contributed by atoms with Crippen molar-refractivity contribution in [3.05, 3.63) is 35.4 Å². The highest BCUT2D eigenvalue weighted by molar-refractivity contribution is 5.78. The largest absolute Gasteiger partial charge is 0.355 e. The van der Waals surface area contributed by atoms with E-state index in [9.17, 15) is 4.79 Å². The van der Waals surface area contributed by atoms with Crippen LogP contribution in [0.1, 0.15) is 11.1 Å². The van der Waals surface area contributed by atoms with Gasteiger partial charge in [0.15, 0.2) is 6.29 Å². The molecule has 1 aromatic carbocycles. The van der Waals surface area contributed by atoms with Crippen molar-refractivity contribution in [3.8, 4) is 0 Å². The highest BCUT2D eigenvalue weighted by Crippen LogP contribution is 2.09.